The van der Waals surface area contributed by atoms with Crippen LogP contribution in [0.2, 0.25) is 0 Å². The molecule has 0 saturated carbocycles. The second-order valence-corrected chi connectivity index (χ2v) is 5.98. The standard InChI is InChI=1S/C19H21N5O3/c1-13-10-15(5-7-17(13)24-12-20-22-23-24)21-19(25)9-4-14-11-16(26-2)6-8-18(14)27-3/h5-8,10-12H,4,9H2,1-3H3,(H,21,25). The van der Waals surface area contributed by atoms with Crippen LogP contribution < -0.4 is 14.8 Å². The largest absolute Gasteiger partial charge is 0.497 e. The minimum Gasteiger partial charge on any atom is -0.497 e. The Morgan fingerprint density at radius 1 is 1.15 bits per heavy atom. The van der Waals surface area contributed by atoms with E-state index in [4.69, 9.17) is 9.47 Å². The van der Waals surface area contributed by atoms with Gasteiger partial charge in [0, 0.05) is 12.1 Å². The molecule has 1 aromatic heterocycles. The first-order valence-corrected chi connectivity index (χ1v) is 8.45. The summed E-state index contributed by atoms with van der Waals surface area (Å²) in [6.45, 7) is 1.94. The van der Waals surface area contributed by atoms with Crippen molar-refractivity contribution in [2.75, 3.05) is 19.5 Å². The summed E-state index contributed by atoms with van der Waals surface area (Å²) < 4.78 is 12.2. The lowest BCUT2D eigenvalue weighted by atomic mass is 10.1. The van der Waals surface area contributed by atoms with Crippen LogP contribution in [0.1, 0.15) is 17.5 Å². The average Bonchev–Trinajstić information content (AvgIpc) is 3.20. The molecule has 0 atom stereocenters. The highest BCUT2D eigenvalue weighted by Crippen LogP contribution is 2.25. The lowest BCUT2D eigenvalue weighted by Crippen LogP contribution is -2.13. The number of carbonyl (C=O) groups is 1. The summed E-state index contributed by atoms with van der Waals surface area (Å²) in [5.74, 6) is 1.40. The fourth-order valence-corrected chi connectivity index (χ4v) is 2.81. The van der Waals surface area contributed by atoms with Crippen molar-refractivity contribution in [2.24, 2.45) is 0 Å². The fraction of sp³-hybridized carbons (Fsp3) is 0.263. The number of rotatable bonds is 7. The van der Waals surface area contributed by atoms with E-state index in [2.05, 4.69) is 20.8 Å². The number of carbonyl (C=O) groups excluding carboxylic acids is 1. The summed E-state index contributed by atoms with van der Waals surface area (Å²) in [5.41, 5.74) is 3.47. The molecule has 0 unspecified atom stereocenters. The molecule has 3 aromatic rings. The van der Waals surface area contributed by atoms with E-state index in [1.807, 2.05) is 43.3 Å². The molecule has 8 heteroatoms. The number of anilines is 1. The van der Waals surface area contributed by atoms with Gasteiger partial charge in [-0.15, -0.1) is 5.10 Å². The lowest BCUT2D eigenvalue weighted by molar-refractivity contribution is -0.116. The van der Waals surface area contributed by atoms with Crippen molar-refractivity contribution in [3.8, 4) is 17.2 Å². The summed E-state index contributed by atoms with van der Waals surface area (Å²) in [7, 11) is 3.22. The third-order valence-corrected chi connectivity index (χ3v) is 4.19. The number of hydrogen-bond acceptors (Lipinski definition) is 6. The molecule has 0 aliphatic carbocycles. The van der Waals surface area contributed by atoms with Gasteiger partial charge in [0.25, 0.3) is 0 Å². The van der Waals surface area contributed by atoms with Crippen LogP contribution in [0.4, 0.5) is 5.69 Å². The van der Waals surface area contributed by atoms with Gasteiger partial charge >= 0.3 is 0 Å². The minimum atomic E-state index is -0.0746. The van der Waals surface area contributed by atoms with Crippen LogP contribution in [0.3, 0.4) is 0 Å². The number of nitrogens with one attached hydrogen (secondary N) is 1. The molecule has 140 valence electrons. The van der Waals surface area contributed by atoms with E-state index in [1.165, 1.54) is 6.33 Å². The number of ether oxygens (including phenoxy) is 2. The first-order chi connectivity index (χ1) is 13.1. The molecular formula is C19H21N5O3. The van der Waals surface area contributed by atoms with Crippen LogP contribution in [0.15, 0.2) is 42.7 Å². The molecule has 2 aromatic carbocycles. The zero-order valence-corrected chi connectivity index (χ0v) is 15.5. The van der Waals surface area contributed by atoms with E-state index < -0.39 is 0 Å². The smallest absolute Gasteiger partial charge is 0.224 e. The average molecular weight is 367 g/mol. The van der Waals surface area contributed by atoms with E-state index in [0.717, 1.165) is 34.0 Å². The van der Waals surface area contributed by atoms with E-state index in [0.29, 0.717) is 12.8 Å². The molecule has 0 aliphatic heterocycles. The van der Waals surface area contributed by atoms with Crippen molar-refractivity contribution in [3.05, 3.63) is 53.9 Å². The normalized spacial score (nSPS) is 10.5. The molecule has 1 heterocycles. The zero-order valence-electron chi connectivity index (χ0n) is 15.5. The molecule has 0 saturated heterocycles. The number of aryl methyl sites for hydroxylation is 2. The topological polar surface area (TPSA) is 91.2 Å². The van der Waals surface area contributed by atoms with Crippen molar-refractivity contribution in [1.82, 2.24) is 20.2 Å². The van der Waals surface area contributed by atoms with E-state index in [-0.39, 0.29) is 5.91 Å². The summed E-state index contributed by atoms with van der Waals surface area (Å²) >= 11 is 0. The van der Waals surface area contributed by atoms with Gasteiger partial charge in [0.2, 0.25) is 5.91 Å². The predicted octanol–water partition coefficient (Wildman–Crippen LogP) is 2.56. The number of amides is 1. The minimum absolute atomic E-state index is 0.0746. The molecule has 0 spiro atoms. The van der Waals surface area contributed by atoms with Crippen LogP contribution >= 0.6 is 0 Å². The van der Waals surface area contributed by atoms with Crippen molar-refractivity contribution >= 4 is 11.6 Å². The highest BCUT2D eigenvalue weighted by molar-refractivity contribution is 5.91. The van der Waals surface area contributed by atoms with Crippen LogP contribution in [0.5, 0.6) is 11.5 Å². The monoisotopic (exact) mass is 367 g/mol. The van der Waals surface area contributed by atoms with Crippen molar-refractivity contribution in [2.45, 2.75) is 19.8 Å². The fourth-order valence-electron chi connectivity index (χ4n) is 2.81. The molecule has 3 rings (SSSR count). The molecule has 1 N–H and O–H groups in total. The maximum Gasteiger partial charge on any atom is 0.224 e. The summed E-state index contributed by atoms with van der Waals surface area (Å²) in [5, 5.41) is 14.1. The van der Waals surface area contributed by atoms with Gasteiger partial charge < -0.3 is 14.8 Å². The van der Waals surface area contributed by atoms with Gasteiger partial charge in [0.1, 0.15) is 17.8 Å². The van der Waals surface area contributed by atoms with Crippen LogP contribution in [0.25, 0.3) is 5.69 Å². The Hall–Kier alpha value is -3.42. The lowest BCUT2D eigenvalue weighted by Gasteiger charge is -2.11. The number of nitrogens with zero attached hydrogens (tertiary/aromatic N) is 4. The van der Waals surface area contributed by atoms with E-state index >= 15 is 0 Å². The van der Waals surface area contributed by atoms with Crippen molar-refractivity contribution < 1.29 is 14.3 Å². The van der Waals surface area contributed by atoms with E-state index in [1.54, 1.807) is 18.9 Å². The van der Waals surface area contributed by atoms with Gasteiger partial charge in [-0.2, -0.15) is 0 Å². The number of benzene rings is 2. The SMILES string of the molecule is COc1ccc(OC)c(CCC(=O)Nc2ccc(-n3cnnn3)c(C)c2)c1. The Labute approximate surface area is 157 Å². The number of methoxy groups -OCH3 is 2. The van der Waals surface area contributed by atoms with Crippen LogP contribution in [-0.4, -0.2) is 40.3 Å². The predicted molar refractivity (Wildman–Crippen MR) is 100 cm³/mol. The Morgan fingerprint density at radius 3 is 2.67 bits per heavy atom. The van der Waals surface area contributed by atoms with Gasteiger partial charge in [-0.1, -0.05) is 0 Å². The maximum absolute atomic E-state index is 12.3. The maximum atomic E-state index is 12.3. The van der Waals surface area contributed by atoms with Crippen molar-refractivity contribution in [3.63, 3.8) is 0 Å². The number of tetrazole rings is 1. The highest BCUT2D eigenvalue weighted by Gasteiger charge is 2.10. The second kappa shape index (κ2) is 8.31. The number of aromatic nitrogens is 4. The third-order valence-electron chi connectivity index (χ3n) is 4.19. The van der Waals surface area contributed by atoms with Gasteiger partial charge in [-0.05, 0) is 71.3 Å². The Balaban J connectivity index is 1.64. The molecule has 0 bridgehead atoms. The first-order valence-electron chi connectivity index (χ1n) is 8.45. The summed E-state index contributed by atoms with van der Waals surface area (Å²) in [6.07, 6.45) is 2.41. The molecule has 0 radical (unpaired) electrons. The Morgan fingerprint density at radius 2 is 2.00 bits per heavy atom. The van der Waals surface area contributed by atoms with Crippen LogP contribution in [0, 0.1) is 6.92 Å². The van der Waals surface area contributed by atoms with Gasteiger partial charge in [0.05, 0.1) is 19.9 Å². The molecule has 8 nitrogen and oxygen atoms in total. The third kappa shape index (κ3) is 4.41. The summed E-state index contributed by atoms with van der Waals surface area (Å²) in [6, 6.07) is 11.1. The van der Waals surface area contributed by atoms with Crippen LogP contribution in [-0.2, 0) is 11.2 Å². The molecule has 1 amide bonds. The summed E-state index contributed by atoms with van der Waals surface area (Å²) in [4.78, 5) is 12.3. The van der Waals surface area contributed by atoms with E-state index in [9.17, 15) is 4.79 Å². The van der Waals surface area contributed by atoms with Gasteiger partial charge in [0.15, 0.2) is 0 Å². The van der Waals surface area contributed by atoms with Crippen molar-refractivity contribution in [1.29, 1.82) is 0 Å². The quantitative estimate of drug-likeness (QED) is 0.690. The molecule has 27 heavy (non-hydrogen) atoms. The van der Waals surface area contributed by atoms with Gasteiger partial charge in [-0.25, -0.2) is 4.68 Å². The zero-order chi connectivity index (χ0) is 19.2. The second-order valence-electron chi connectivity index (χ2n) is 5.98. The van der Waals surface area contributed by atoms with Gasteiger partial charge in [-0.3, -0.25) is 4.79 Å². The number of hydrogen-bond donors (Lipinski definition) is 1. The molecule has 0 aliphatic rings. The molecule has 0 fully saturated rings. The Kier molecular flexibility index (Phi) is 5.65. The first kappa shape index (κ1) is 18.4. The Bertz CT molecular complexity index is 925. The highest BCUT2D eigenvalue weighted by atomic mass is 16.5. The molecular weight excluding hydrogens is 346 g/mol.